The molecule has 3 N–H and O–H groups in total. The summed E-state index contributed by atoms with van der Waals surface area (Å²) in [6.07, 6.45) is 2.44. The Morgan fingerprint density at radius 1 is 1.05 bits per heavy atom. The Morgan fingerprint density at radius 2 is 1.77 bits per heavy atom. The van der Waals surface area contributed by atoms with Gasteiger partial charge in [0, 0.05) is 35.8 Å². The summed E-state index contributed by atoms with van der Waals surface area (Å²) in [6.45, 7) is 6.28. The van der Waals surface area contributed by atoms with E-state index < -0.39 is 12.2 Å². The summed E-state index contributed by atoms with van der Waals surface area (Å²) in [4.78, 5) is 35.5. The highest BCUT2D eigenvalue weighted by Gasteiger charge is 2.33. The Kier molecular flexibility index (Phi) is 8.10. The van der Waals surface area contributed by atoms with Gasteiger partial charge in [-0.05, 0) is 46.9 Å². The lowest BCUT2D eigenvalue weighted by molar-refractivity contribution is -0.125. The number of alkyl carbamates (subject to hydrolysis) is 1. The standard InChI is InChI=1S/C31H33N5O4/c1-20(2)22-5-3-21(4-6-22)19-39-25-9-7-23(8-10-25)27(28(32)24-11-13-33-14-12-24)29-30(37)36(16-15-34-29)18-26-17-35-31(38)40-26/h3-14,20,26H,15-19,32H2,1-2H3,(H,35,38). The van der Waals surface area contributed by atoms with Crippen molar-refractivity contribution in [3.05, 3.63) is 95.3 Å². The van der Waals surface area contributed by atoms with Crippen LogP contribution in [0.3, 0.4) is 0 Å². The fourth-order valence-corrected chi connectivity index (χ4v) is 4.72. The minimum atomic E-state index is -0.472. The van der Waals surface area contributed by atoms with Gasteiger partial charge in [-0.3, -0.25) is 14.8 Å². The molecule has 206 valence electrons. The van der Waals surface area contributed by atoms with Crippen molar-refractivity contribution >= 4 is 29.0 Å². The van der Waals surface area contributed by atoms with Crippen LogP contribution >= 0.6 is 0 Å². The first-order valence-corrected chi connectivity index (χ1v) is 13.4. The molecule has 1 aromatic heterocycles. The molecule has 0 bridgehead atoms. The summed E-state index contributed by atoms with van der Waals surface area (Å²) in [5.41, 5.74) is 11.8. The molecule has 1 fully saturated rings. The second-order valence-electron chi connectivity index (χ2n) is 10.1. The maximum Gasteiger partial charge on any atom is 0.407 e. The SMILES string of the molecule is CC(C)c1ccc(COc2ccc(C(C3=NCCN(CC4CNC(=O)O4)C3=O)=C(N)c3ccncc3)cc2)cc1. The third-order valence-corrected chi connectivity index (χ3v) is 6.99. The molecule has 2 aliphatic rings. The molecular weight excluding hydrogens is 506 g/mol. The molecule has 2 aliphatic heterocycles. The number of ether oxygens (including phenoxy) is 2. The Hall–Kier alpha value is -4.66. The summed E-state index contributed by atoms with van der Waals surface area (Å²) >= 11 is 0. The van der Waals surface area contributed by atoms with E-state index in [0.29, 0.717) is 49.2 Å². The molecule has 2 aromatic carbocycles. The summed E-state index contributed by atoms with van der Waals surface area (Å²) in [5.74, 6) is 0.924. The average molecular weight is 540 g/mol. The first kappa shape index (κ1) is 26.9. The number of pyridine rings is 1. The molecule has 0 saturated carbocycles. The summed E-state index contributed by atoms with van der Waals surface area (Å²) < 4.78 is 11.3. The van der Waals surface area contributed by atoms with E-state index >= 15 is 0 Å². The fourth-order valence-electron chi connectivity index (χ4n) is 4.72. The number of nitrogens with zero attached hydrogens (tertiary/aromatic N) is 3. The summed E-state index contributed by atoms with van der Waals surface area (Å²) in [7, 11) is 0. The minimum absolute atomic E-state index is 0.258. The van der Waals surface area contributed by atoms with Crippen molar-refractivity contribution in [2.75, 3.05) is 26.2 Å². The average Bonchev–Trinajstić information content (AvgIpc) is 3.39. The molecule has 2 amide bonds. The molecule has 9 heteroatoms. The highest BCUT2D eigenvalue weighted by Crippen LogP contribution is 2.28. The van der Waals surface area contributed by atoms with Crippen LogP contribution in [-0.2, 0) is 16.1 Å². The zero-order chi connectivity index (χ0) is 28.1. The maximum atomic E-state index is 13.6. The van der Waals surface area contributed by atoms with E-state index in [9.17, 15) is 9.59 Å². The largest absolute Gasteiger partial charge is 0.489 e. The van der Waals surface area contributed by atoms with E-state index in [1.165, 1.54) is 5.56 Å². The van der Waals surface area contributed by atoms with Gasteiger partial charge >= 0.3 is 6.09 Å². The van der Waals surface area contributed by atoms with Crippen LogP contribution in [0.15, 0.2) is 78.0 Å². The predicted molar refractivity (Wildman–Crippen MR) is 154 cm³/mol. The number of hydrogen-bond donors (Lipinski definition) is 2. The van der Waals surface area contributed by atoms with Gasteiger partial charge in [-0.25, -0.2) is 4.79 Å². The van der Waals surface area contributed by atoms with Crippen molar-refractivity contribution in [3.63, 3.8) is 0 Å². The number of carbonyl (C=O) groups is 2. The number of nitrogens with two attached hydrogens (primary N) is 1. The van der Waals surface area contributed by atoms with Crippen LogP contribution < -0.4 is 15.8 Å². The van der Waals surface area contributed by atoms with Gasteiger partial charge in [0.05, 0.1) is 19.6 Å². The van der Waals surface area contributed by atoms with Crippen molar-refractivity contribution in [3.8, 4) is 5.75 Å². The van der Waals surface area contributed by atoms with Crippen molar-refractivity contribution in [1.29, 1.82) is 0 Å². The molecule has 3 heterocycles. The molecule has 0 spiro atoms. The fraction of sp³-hybridized carbons (Fsp3) is 0.290. The Balaban J connectivity index is 1.39. The molecule has 9 nitrogen and oxygen atoms in total. The predicted octanol–water partition coefficient (Wildman–Crippen LogP) is 4.00. The lowest BCUT2D eigenvalue weighted by Crippen LogP contribution is -2.46. The molecule has 3 aromatic rings. The van der Waals surface area contributed by atoms with Gasteiger partial charge in [-0.15, -0.1) is 0 Å². The third kappa shape index (κ3) is 6.14. The molecule has 40 heavy (non-hydrogen) atoms. The van der Waals surface area contributed by atoms with E-state index in [0.717, 1.165) is 16.7 Å². The zero-order valence-electron chi connectivity index (χ0n) is 22.7. The number of aliphatic imine (C=N–C) groups is 1. The highest BCUT2D eigenvalue weighted by molar-refractivity contribution is 6.58. The molecule has 1 unspecified atom stereocenters. The number of rotatable bonds is 9. The molecular formula is C31H33N5O4. The van der Waals surface area contributed by atoms with Crippen LogP contribution in [-0.4, -0.2) is 59.9 Å². The van der Waals surface area contributed by atoms with E-state index in [1.54, 1.807) is 29.4 Å². The highest BCUT2D eigenvalue weighted by atomic mass is 16.6. The second kappa shape index (κ2) is 12.0. The van der Waals surface area contributed by atoms with Gasteiger partial charge in [0.15, 0.2) is 0 Å². The third-order valence-electron chi connectivity index (χ3n) is 6.99. The number of amides is 2. The Morgan fingerprint density at radius 3 is 2.42 bits per heavy atom. The van der Waals surface area contributed by atoms with Gasteiger partial charge in [0.2, 0.25) is 0 Å². The van der Waals surface area contributed by atoms with Crippen molar-refractivity contribution < 1.29 is 19.1 Å². The molecule has 1 atom stereocenters. The van der Waals surface area contributed by atoms with Crippen molar-refractivity contribution in [1.82, 2.24) is 15.2 Å². The van der Waals surface area contributed by atoms with Gasteiger partial charge in [-0.1, -0.05) is 50.2 Å². The summed E-state index contributed by atoms with van der Waals surface area (Å²) in [5, 5.41) is 2.63. The topological polar surface area (TPSA) is 119 Å². The molecule has 0 radical (unpaired) electrons. The molecule has 0 aliphatic carbocycles. The quantitative estimate of drug-likeness (QED) is 0.424. The maximum absolute atomic E-state index is 13.6. The number of carbonyl (C=O) groups excluding carboxylic acids is 2. The van der Waals surface area contributed by atoms with Gasteiger partial charge in [-0.2, -0.15) is 0 Å². The lowest BCUT2D eigenvalue weighted by Gasteiger charge is -2.29. The van der Waals surface area contributed by atoms with Crippen molar-refractivity contribution in [2.45, 2.75) is 32.5 Å². The van der Waals surface area contributed by atoms with Crippen LogP contribution in [0.2, 0.25) is 0 Å². The van der Waals surface area contributed by atoms with Gasteiger partial charge in [0.25, 0.3) is 5.91 Å². The second-order valence-corrected chi connectivity index (χ2v) is 10.1. The minimum Gasteiger partial charge on any atom is -0.489 e. The lowest BCUT2D eigenvalue weighted by atomic mass is 9.94. The van der Waals surface area contributed by atoms with E-state index in [1.807, 2.05) is 24.3 Å². The number of hydrogen-bond acceptors (Lipinski definition) is 7. The normalized spacial score (nSPS) is 17.7. The summed E-state index contributed by atoms with van der Waals surface area (Å²) in [6, 6.07) is 19.5. The van der Waals surface area contributed by atoms with Crippen LogP contribution in [0.1, 0.15) is 42.0 Å². The monoisotopic (exact) mass is 539 g/mol. The molecule has 1 saturated heterocycles. The van der Waals surface area contributed by atoms with Crippen LogP contribution in [0.25, 0.3) is 11.3 Å². The van der Waals surface area contributed by atoms with E-state index in [2.05, 4.69) is 53.4 Å². The van der Waals surface area contributed by atoms with E-state index in [4.69, 9.17) is 15.2 Å². The van der Waals surface area contributed by atoms with Crippen LogP contribution in [0.5, 0.6) is 5.75 Å². The van der Waals surface area contributed by atoms with E-state index in [-0.39, 0.29) is 18.2 Å². The zero-order valence-corrected chi connectivity index (χ0v) is 22.7. The first-order valence-electron chi connectivity index (χ1n) is 13.4. The Labute approximate surface area is 233 Å². The van der Waals surface area contributed by atoms with Gasteiger partial charge in [0.1, 0.15) is 24.2 Å². The van der Waals surface area contributed by atoms with Crippen LogP contribution in [0.4, 0.5) is 4.79 Å². The number of cyclic esters (lactones) is 1. The number of nitrogens with one attached hydrogen (secondary N) is 1. The Bertz CT molecular complexity index is 1420. The smallest absolute Gasteiger partial charge is 0.407 e. The van der Waals surface area contributed by atoms with Crippen LogP contribution in [0, 0.1) is 0 Å². The number of benzene rings is 2. The van der Waals surface area contributed by atoms with Crippen molar-refractivity contribution in [2.24, 2.45) is 10.7 Å². The number of aromatic nitrogens is 1. The van der Waals surface area contributed by atoms with Gasteiger partial charge < -0.3 is 25.4 Å². The molecule has 5 rings (SSSR count). The first-order chi connectivity index (χ1) is 19.4.